The van der Waals surface area contributed by atoms with Crippen molar-refractivity contribution in [3.05, 3.63) is 0 Å². The molecule has 0 radical (unpaired) electrons. The number of alkyl halides is 1. The van der Waals surface area contributed by atoms with E-state index in [4.69, 9.17) is 9.47 Å². The standard InChI is InChI=1S/C22H34FN3O7/c1-22(2,3)33-21(31)26-11-14(23)9-16(26)19(28)24(7-8-32-4)15-10-17(20(29)30)25(12-15)18(27)13-5-6-13/h13-17H,5-12H2,1-4H3,(H,29,30)/t14-,15+,16-,17+/m0/s1. The van der Waals surface area contributed by atoms with Crippen molar-refractivity contribution in [1.82, 2.24) is 14.7 Å². The lowest BCUT2D eigenvalue weighted by molar-refractivity contribution is -0.148. The maximum absolute atomic E-state index is 14.3. The van der Waals surface area contributed by atoms with Gasteiger partial charge in [-0.25, -0.2) is 14.0 Å². The van der Waals surface area contributed by atoms with Crippen LogP contribution in [0, 0.1) is 5.92 Å². The van der Waals surface area contributed by atoms with Gasteiger partial charge in [-0.05, 0) is 33.6 Å². The largest absolute Gasteiger partial charge is 0.480 e. The number of carboxylic acid groups (broad SMARTS) is 1. The Bertz CT molecular complexity index is 782. The molecule has 10 nitrogen and oxygen atoms in total. The number of amides is 3. The van der Waals surface area contributed by atoms with Crippen molar-refractivity contribution >= 4 is 23.9 Å². The number of methoxy groups -OCH3 is 1. The Morgan fingerprint density at radius 2 is 1.73 bits per heavy atom. The molecule has 33 heavy (non-hydrogen) atoms. The molecule has 3 aliphatic rings. The molecule has 0 bridgehead atoms. The molecule has 3 fully saturated rings. The topological polar surface area (TPSA) is 117 Å². The molecule has 0 aromatic rings. The lowest BCUT2D eigenvalue weighted by Crippen LogP contribution is -2.53. The first-order chi connectivity index (χ1) is 15.4. The molecule has 186 valence electrons. The van der Waals surface area contributed by atoms with Gasteiger partial charge in [-0.3, -0.25) is 14.5 Å². The first-order valence-corrected chi connectivity index (χ1v) is 11.4. The summed E-state index contributed by atoms with van der Waals surface area (Å²) in [6.45, 7) is 5.20. The third kappa shape index (κ3) is 5.93. The van der Waals surface area contributed by atoms with Crippen LogP contribution >= 0.6 is 0 Å². The van der Waals surface area contributed by atoms with Gasteiger partial charge in [-0.2, -0.15) is 0 Å². The molecule has 11 heteroatoms. The highest BCUT2D eigenvalue weighted by atomic mass is 19.1. The van der Waals surface area contributed by atoms with Crippen LogP contribution in [0.25, 0.3) is 0 Å². The van der Waals surface area contributed by atoms with Gasteiger partial charge < -0.3 is 24.4 Å². The van der Waals surface area contributed by atoms with Crippen LogP contribution in [-0.2, 0) is 23.9 Å². The van der Waals surface area contributed by atoms with Crippen LogP contribution in [0.2, 0.25) is 0 Å². The summed E-state index contributed by atoms with van der Waals surface area (Å²) < 4.78 is 24.8. The van der Waals surface area contributed by atoms with Gasteiger partial charge in [-0.1, -0.05) is 0 Å². The van der Waals surface area contributed by atoms with Crippen molar-refractivity contribution in [3.63, 3.8) is 0 Å². The predicted octanol–water partition coefficient (Wildman–Crippen LogP) is 1.27. The van der Waals surface area contributed by atoms with Crippen LogP contribution in [0.3, 0.4) is 0 Å². The molecule has 2 aliphatic heterocycles. The van der Waals surface area contributed by atoms with Gasteiger partial charge in [0.05, 0.1) is 19.2 Å². The number of carbonyl (C=O) groups excluding carboxylic acids is 3. The van der Waals surface area contributed by atoms with E-state index in [1.54, 1.807) is 20.8 Å². The van der Waals surface area contributed by atoms with Gasteiger partial charge in [-0.15, -0.1) is 0 Å². The van der Waals surface area contributed by atoms with E-state index in [2.05, 4.69) is 0 Å². The van der Waals surface area contributed by atoms with Crippen molar-refractivity contribution in [1.29, 1.82) is 0 Å². The van der Waals surface area contributed by atoms with Crippen LogP contribution in [0.1, 0.15) is 46.5 Å². The minimum atomic E-state index is -1.38. The predicted molar refractivity (Wildman–Crippen MR) is 114 cm³/mol. The van der Waals surface area contributed by atoms with E-state index in [0.29, 0.717) is 0 Å². The monoisotopic (exact) mass is 471 g/mol. The number of rotatable bonds is 7. The van der Waals surface area contributed by atoms with E-state index < -0.39 is 47.9 Å². The highest BCUT2D eigenvalue weighted by Gasteiger charge is 2.49. The zero-order valence-electron chi connectivity index (χ0n) is 19.7. The van der Waals surface area contributed by atoms with Crippen molar-refractivity contribution in [2.45, 2.75) is 76.4 Å². The second kappa shape index (κ2) is 9.82. The summed E-state index contributed by atoms with van der Waals surface area (Å²) in [5, 5.41) is 9.68. The lowest BCUT2D eigenvalue weighted by atomic mass is 10.1. The third-order valence-corrected chi connectivity index (χ3v) is 6.20. The summed E-state index contributed by atoms with van der Waals surface area (Å²) in [6.07, 6.45) is -0.762. The molecule has 3 amide bonds. The molecule has 2 heterocycles. The van der Waals surface area contributed by atoms with Gasteiger partial charge in [0.15, 0.2) is 0 Å². The Morgan fingerprint density at radius 1 is 1.06 bits per heavy atom. The molecule has 0 aromatic heterocycles. The fourth-order valence-electron chi connectivity index (χ4n) is 4.48. The van der Waals surface area contributed by atoms with E-state index in [0.717, 1.165) is 17.7 Å². The Balaban J connectivity index is 1.81. The van der Waals surface area contributed by atoms with E-state index >= 15 is 0 Å². The zero-order valence-corrected chi connectivity index (χ0v) is 19.7. The second-order valence-electron chi connectivity index (χ2n) is 10.0. The average molecular weight is 472 g/mol. The normalized spacial score (nSPS) is 27.5. The van der Waals surface area contributed by atoms with Crippen LogP contribution in [-0.4, -0.2) is 107 Å². The number of hydrogen-bond acceptors (Lipinski definition) is 6. The molecule has 0 spiro atoms. The number of likely N-dealkylation sites (tertiary alicyclic amines) is 2. The Morgan fingerprint density at radius 3 is 2.27 bits per heavy atom. The maximum atomic E-state index is 14.3. The summed E-state index contributed by atoms with van der Waals surface area (Å²) in [5.41, 5.74) is -0.807. The highest BCUT2D eigenvalue weighted by molar-refractivity contribution is 5.89. The van der Waals surface area contributed by atoms with Gasteiger partial charge in [0.1, 0.15) is 23.9 Å². The van der Waals surface area contributed by atoms with Crippen molar-refractivity contribution in [2.75, 3.05) is 33.4 Å². The Labute approximate surface area is 192 Å². The van der Waals surface area contributed by atoms with E-state index in [9.17, 15) is 28.7 Å². The Kier molecular flexibility index (Phi) is 7.50. The van der Waals surface area contributed by atoms with Crippen LogP contribution in [0.15, 0.2) is 0 Å². The summed E-state index contributed by atoms with van der Waals surface area (Å²) in [7, 11) is 1.47. The van der Waals surface area contributed by atoms with Crippen molar-refractivity contribution < 1.29 is 38.1 Å². The molecule has 1 N–H and O–H groups in total. The minimum absolute atomic E-state index is 0.0709. The quantitative estimate of drug-likeness (QED) is 0.594. The summed E-state index contributed by atoms with van der Waals surface area (Å²) >= 11 is 0. The summed E-state index contributed by atoms with van der Waals surface area (Å²) in [5.74, 6) is -1.97. The lowest BCUT2D eigenvalue weighted by Gasteiger charge is -2.34. The molecular weight excluding hydrogens is 437 g/mol. The number of hydrogen-bond donors (Lipinski definition) is 1. The molecule has 4 atom stereocenters. The van der Waals surface area contributed by atoms with E-state index in [-0.39, 0.29) is 50.9 Å². The van der Waals surface area contributed by atoms with E-state index in [1.807, 2.05) is 0 Å². The number of halogens is 1. The summed E-state index contributed by atoms with van der Waals surface area (Å²) in [4.78, 5) is 54.6. The molecule has 3 rings (SSSR count). The molecular formula is C22H34FN3O7. The maximum Gasteiger partial charge on any atom is 0.411 e. The number of carbonyl (C=O) groups is 4. The van der Waals surface area contributed by atoms with Crippen LogP contribution < -0.4 is 0 Å². The zero-order chi connectivity index (χ0) is 24.5. The first-order valence-electron chi connectivity index (χ1n) is 11.4. The highest BCUT2D eigenvalue weighted by Crippen LogP contribution is 2.35. The van der Waals surface area contributed by atoms with E-state index in [1.165, 1.54) is 16.9 Å². The fourth-order valence-corrected chi connectivity index (χ4v) is 4.48. The van der Waals surface area contributed by atoms with Gasteiger partial charge in [0.2, 0.25) is 11.8 Å². The number of carboxylic acids is 1. The van der Waals surface area contributed by atoms with Gasteiger partial charge in [0.25, 0.3) is 0 Å². The fraction of sp³-hybridized carbons (Fsp3) is 0.818. The molecule has 1 saturated carbocycles. The van der Waals surface area contributed by atoms with Gasteiger partial charge in [0, 0.05) is 39.0 Å². The molecule has 0 unspecified atom stereocenters. The average Bonchev–Trinajstić information content (AvgIpc) is 3.35. The van der Waals surface area contributed by atoms with Crippen LogP contribution in [0.5, 0.6) is 0 Å². The number of aliphatic carboxylic acids is 1. The molecule has 0 aromatic carbocycles. The third-order valence-electron chi connectivity index (χ3n) is 6.20. The van der Waals surface area contributed by atoms with Crippen molar-refractivity contribution in [3.8, 4) is 0 Å². The Hall–Kier alpha value is -2.43. The molecule has 1 aliphatic carbocycles. The molecule has 2 saturated heterocycles. The summed E-state index contributed by atoms with van der Waals surface area (Å²) in [6, 6.07) is -2.67. The van der Waals surface area contributed by atoms with Crippen molar-refractivity contribution in [2.24, 2.45) is 5.92 Å². The minimum Gasteiger partial charge on any atom is -0.480 e. The van der Waals surface area contributed by atoms with Crippen LogP contribution in [0.4, 0.5) is 9.18 Å². The second-order valence-corrected chi connectivity index (χ2v) is 10.0. The SMILES string of the molecule is COCCN(C(=O)[C@@H]1C[C@H](F)CN1C(=O)OC(C)(C)C)[C@@H]1C[C@H](C(=O)O)N(C(=O)C2CC2)C1. The van der Waals surface area contributed by atoms with Gasteiger partial charge >= 0.3 is 12.1 Å². The smallest absolute Gasteiger partial charge is 0.411 e. The number of ether oxygens (including phenoxy) is 2. The first kappa shape index (κ1) is 25.2. The number of nitrogens with zero attached hydrogens (tertiary/aromatic N) is 3.